The van der Waals surface area contributed by atoms with Crippen molar-refractivity contribution >= 4 is 18.4 Å². The van der Waals surface area contributed by atoms with Crippen molar-refractivity contribution in [2.75, 3.05) is 31.6 Å². The Bertz CT molecular complexity index is 313. The Morgan fingerprint density at radius 1 is 1.50 bits per heavy atom. The van der Waals surface area contributed by atoms with Crippen LogP contribution in [0.2, 0.25) is 0 Å². The average molecular weight is 247 g/mol. The third-order valence-corrected chi connectivity index (χ3v) is 2.64. The molecule has 0 spiro atoms. The number of anilines is 1. The highest BCUT2D eigenvalue weighted by Crippen LogP contribution is 2.12. The lowest BCUT2D eigenvalue weighted by molar-refractivity contribution is 0.568. The Kier molecular flexibility index (Phi) is 4.89. The number of halogens is 2. The molecule has 2 rings (SSSR count). The van der Waals surface area contributed by atoms with Gasteiger partial charge in [-0.25, -0.2) is 14.4 Å². The molecule has 1 unspecified atom stereocenters. The zero-order chi connectivity index (χ0) is 10.7. The van der Waals surface area contributed by atoms with Gasteiger partial charge in [0.1, 0.15) is 0 Å². The van der Waals surface area contributed by atoms with Gasteiger partial charge in [-0.1, -0.05) is 0 Å². The lowest BCUT2D eigenvalue weighted by Gasteiger charge is -2.20. The molecular weight excluding hydrogens is 231 g/mol. The SMILES string of the molecule is CN(CC1CCNC1)c1ncc(F)cn1.Cl. The van der Waals surface area contributed by atoms with Crippen LogP contribution in [0.25, 0.3) is 0 Å². The van der Waals surface area contributed by atoms with Gasteiger partial charge in [0.25, 0.3) is 0 Å². The van der Waals surface area contributed by atoms with E-state index in [4.69, 9.17) is 0 Å². The van der Waals surface area contributed by atoms with Crippen LogP contribution in [0.1, 0.15) is 6.42 Å². The molecule has 1 aliphatic heterocycles. The van der Waals surface area contributed by atoms with Gasteiger partial charge in [0, 0.05) is 13.6 Å². The Balaban J connectivity index is 0.00000128. The van der Waals surface area contributed by atoms with Crippen LogP contribution in [0, 0.1) is 11.7 Å². The van der Waals surface area contributed by atoms with E-state index in [1.165, 1.54) is 18.8 Å². The number of aromatic nitrogens is 2. The highest BCUT2D eigenvalue weighted by molar-refractivity contribution is 5.85. The smallest absolute Gasteiger partial charge is 0.225 e. The van der Waals surface area contributed by atoms with Crippen LogP contribution in [0.15, 0.2) is 12.4 Å². The number of nitrogens with zero attached hydrogens (tertiary/aromatic N) is 3. The summed E-state index contributed by atoms with van der Waals surface area (Å²) in [5.41, 5.74) is 0. The van der Waals surface area contributed by atoms with Gasteiger partial charge >= 0.3 is 0 Å². The van der Waals surface area contributed by atoms with Crippen molar-refractivity contribution in [3.8, 4) is 0 Å². The third kappa shape index (κ3) is 3.28. The van der Waals surface area contributed by atoms with Gasteiger partial charge in [-0.05, 0) is 25.4 Å². The topological polar surface area (TPSA) is 41.0 Å². The summed E-state index contributed by atoms with van der Waals surface area (Å²) in [7, 11) is 1.94. The fourth-order valence-corrected chi connectivity index (χ4v) is 1.84. The van der Waals surface area contributed by atoms with Crippen molar-refractivity contribution in [2.45, 2.75) is 6.42 Å². The standard InChI is InChI=1S/C10H15FN4.ClH/c1-15(7-8-2-3-12-4-8)10-13-5-9(11)6-14-10;/h5-6,8,12H,2-4,7H2,1H3;1H. The molecule has 1 N–H and O–H groups in total. The predicted molar refractivity (Wildman–Crippen MR) is 63.5 cm³/mol. The van der Waals surface area contributed by atoms with Crippen LogP contribution >= 0.6 is 12.4 Å². The Labute approximate surface area is 101 Å². The molecule has 0 aromatic carbocycles. The van der Waals surface area contributed by atoms with Crippen LogP contribution in [-0.2, 0) is 0 Å². The molecule has 4 nitrogen and oxygen atoms in total. The highest BCUT2D eigenvalue weighted by atomic mass is 35.5. The first-order valence-corrected chi connectivity index (χ1v) is 5.15. The highest BCUT2D eigenvalue weighted by Gasteiger charge is 2.17. The molecule has 1 aromatic heterocycles. The Morgan fingerprint density at radius 2 is 2.19 bits per heavy atom. The van der Waals surface area contributed by atoms with Crippen molar-refractivity contribution in [3.63, 3.8) is 0 Å². The molecule has 0 saturated carbocycles. The Morgan fingerprint density at radius 3 is 2.75 bits per heavy atom. The zero-order valence-corrected chi connectivity index (χ0v) is 10.0. The Hall–Kier alpha value is -0.940. The largest absolute Gasteiger partial charge is 0.344 e. The van der Waals surface area contributed by atoms with Crippen molar-refractivity contribution in [3.05, 3.63) is 18.2 Å². The van der Waals surface area contributed by atoms with Crippen molar-refractivity contribution in [1.29, 1.82) is 0 Å². The maximum atomic E-state index is 12.6. The minimum Gasteiger partial charge on any atom is -0.344 e. The second-order valence-electron chi connectivity index (χ2n) is 3.94. The minimum absolute atomic E-state index is 0. The molecule has 1 aromatic rings. The molecule has 16 heavy (non-hydrogen) atoms. The molecule has 90 valence electrons. The van der Waals surface area contributed by atoms with E-state index in [2.05, 4.69) is 15.3 Å². The van der Waals surface area contributed by atoms with Gasteiger partial charge in [0.05, 0.1) is 12.4 Å². The van der Waals surface area contributed by atoms with E-state index in [0.29, 0.717) is 11.9 Å². The summed E-state index contributed by atoms with van der Waals surface area (Å²) >= 11 is 0. The van der Waals surface area contributed by atoms with Crippen LogP contribution in [0.3, 0.4) is 0 Å². The molecule has 1 fully saturated rings. The summed E-state index contributed by atoms with van der Waals surface area (Å²) in [5.74, 6) is 0.835. The fourth-order valence-electron chi connectivity index (χ4n) is 1.84. The number of hydrogen-bond donors (Lipinski definition) is 1. The van der Waals surface area contributed by atoms with E-state index >= 15 is 0 Å². The van der Waals surface area contributed by atoms with Gasteiger partial charge in [0.2, 0.25) is 5.95 Å². The number of rotatable bonds is 3. The summed E-state index contributed by atoms with van der Waals surface area (Å²) in [6, 6.07) is 0. The molecule has 0 radical (unpaired) electrons. The van der Waals surface area contributed by atoms with Gasteiger partial charge in [0.15, 0.2) is 5.82 Å². The quantitative estimate of drug-likeness (QED) is 0.867. The number of hydrogen-bond acceptors (Lipinski definition) is 4. The first kappa shape index (κ1) is 13.1. The molecule has 6 heteroatoms. The van der Waals surface area contributed by atoms with E-state index in [-0.39, 0.29) is 12.4 Å². The summed E-state index contributed by atoms with van der Waals surface area (Å²) in [6.45, 7) is 3.05. The molecule has 0 amide bonds. The molecule has 0 aliphatic carbocycles. The molecule has 0 bridgehead atoms. The zero-order valence-electron chi connectivity index (χ0n) is 9.19. The van der Waals surface area contributed by atoms with E-state index in [9.17, 15) is 4.39 Å². The second kappa shape index (κ2) is 5.96. The second-order valence-corrected chi connectivity index (χ2v) is 3.94. The maximum absolute atomic E-state index is 12.6. The first-order valence-electron chi connectivity index (χ1n) is 5.15. The van der Waals surface area contributed by atoms with Crippen LogP contribution in [0.5, 0.6) is 0 Å². The van der Waals surface area contributed by atoms with Crippen molar-refractivity contribution < 1.29 is 4.39 Å². The average Bonchev–Trinajstić information content (AvgIpc) is 2.71. The molecular formula is C10H16ClFN4. The normalized spacial score (nSPS) is 19.2. The van der Waals surface area contributed by atoms with Crippen molar-refractivity contribution in [2.24, 2.45) is 5.92 Å². The van der Waals surface area contributed by atoms with Crippen LogP contribution in [0.4, 0.5) is 10.3 Å². The van der Waals surface area contributed by atoms with E-state index in [1.807, 2.05) is 11.9 Å². The predicted octanol–water partition coefficient (Wildman–Crippen LogP) is 1.08. The van der Waals surface area contributed by atoms with Crippen molar-refractivity contribution in [1.82, 2.24) is 15.3 Å². The van der Waals surface area contributed by atoms with Gasteiger partial charge < -0.3 is 10.2 Å². The van der Waals surface area contributed by atoms with E-state index in [0.717, 1.165) is 19.6 Å². The first-order chi connectivity index (χ1) is 7.25. The fraction of sp³-hybridized carbons (Fsp3) is 0.600. The minimum atomic E-state index is -0.394. The lowest BCUT2D eigenvalue weighted by Crippen LogP contribution is -2.28. The van der Waals surface area contributed by atoms with E-state index < -0.39 is 5.82 Å². The summed E-state index contributed by atoms with van der Waals surface area (Å²) < 4.78 is 12.6. The molecule has 1 atom stereocenters. The third-order valence-electron chi connectivity index (χ3n) is 2.64. The van der Waals surface area contributed by atoms with E-state index in [1.54, 1.807) is 0 Å². The van der Waals surface area contributed by atoms with Gasteiger partial charge in [-0.3, -0.25) is 0 Å². The van der Waals surface area contributed by atoms with Crippen LogP contribution < -0.4 is 10.2 Å². The summed E-state index contributed by atoms with van der Waals surface area (Å²) in [4.78, 5) is 9.85. The molecule has 1 aliphatic rings. The molecule has 1 saturated heterocycles. The summed E-state index contributed by atoms with van der Waals surface area (Å²) in [6.07, 6.45) is 3.59. The lowest BCUT2D eigenvalue weighted by atomic mass is 10.1. The monoisotopic (exact) mass is 246 g/mol. The number of nitrogens with one attached hydrogen (secondary N) is 1. The van der Waals surface area contributed by atoms with Gasteiger partial charge in [-0.2, -0.15) is 0 Å². The van der Waals surface area contributed by atoms with Crippen LogP contribution in [-0.4, -0.2) is 36.6 Å². The maximum Gasteiger partial charge on any atom is 0.225 e. The van der Waals surface area contributed by atoms with Gasteiger partial charge in [-0.15, -0.1) is 12.4 Å². The molecule has 2 heterocycles. The summed E-state index contributed by atoms with van der Waals surface area (Å²) in [5, 5.41) is 3.31.